The minimum absolute atomic E-state index is 0. The predicted molar refractivity (Wildman–Crippen MR) is 100 cm³/mol. The smallest absolute Gasteiger partial charge is 1.00 e. The van der Waals surface area contributed by atoms with Crippen molar-refractivity contribution < 1.29 is 35.6 Å². The molecule has 0 aromatic heterocycles. The Hall–Kier alpha value is -1.43. The van der Waals surface area contributed by atoms with Crippen molar-refractivity contribution in [1.29, 1.82) is 0 Å². The van der Waals surface area contributed by atoms with Crippen molar-refractivity contribution in [2.24, 2.45) is 0 Å². The van der Waals surface area contributed by atoms with Crippen LogP contribution in [0.15, 0.2) is 91.0 Å². The number of benzene rings is 2. The monoisotopic (exact) mass is 430 g/mol. The zero-order chi connectivity index (χ0) is 15.2. The summed E-state index contributed by atoms with van der Waals surface area (Å²) in [6, 6.07) is 31.8. The Morgan fingerprint density at radius 3 is 2.04 bits per heavy atom. The van der Waals surface area contributed by atoms with Gasteiger partial charge in [0.25, 0.3) is 0 Å². The Morgan fingerprint density at radius 2 is 1.44 bits per heavy atom. The largest absolute Gasteiger partial charge is 4.00 e. The second kappa shape index (κ2) is 12.0. The van der Waals surface area contributed by atoms with Crippen molar-refractivity contribution in [3.05, 3.63) is 96.6 Å². The predicted octanol–water partition coefficient (Wildman–Crippen LogP) is -1.09. The maximum Gasteiger partial charge on any atom is 4.00 e. The first kappa shape index (κ1) is 23.6. The summed E-state index contributed by atoms with van der Waals surface area (Å²) in [5.41, 5.74) is 1.39. The first-order chi connectivity index (χ1) is 10.8. The standard InChI is InChI=1S/C16H14P.C5H5.2FH.Zr/c1-12-6-2-5-9-16(12)17-15-10-13-7-3-4-8-14(13)11-15;1-2-4-5-3-1;;;/h2-11,17H,1H3;1-5H;2*1H;/q2*-1;;;+4/p-2. The summed E-state index contributed by atoms with van der Waals surface area (Å²) in [7, 11) is 0.759. The number of hydrogen-bond donors (Lipinski definition) is 0. The van der Waals surface area contributed by atoms with Crippen LogP contribution in [-0.2, 0) is 26.2 Å². The fraction of sp³-hybridized carbons (Fsp3) is 0.0476. The Balaban J connectivity index is 0.000000630. The van der Waals surface area contributed by atoms with Crippen molar-refractivity contribution in [2.45, 2.75) is 6.92 Å². The van der Waals surface area contributed by atoms with E-state index in [1.807, 2.05) is 30.3 Å². The van der Waals surface area contributed by atoms with Gasteiger partial charge in [0.15, 0.2) is 0 Å². The Kier molecular flexibility index (Phi) is 11.3. The van der Waals surface area contributed by atoms with Crippen LogP contribution in [0.3, 0.4) is 0 Å². The van der Waals surface area contributed by atoms with Crippen molar-refractivity contribution >= 4 is 30.0 Å². The summed E-state index contributed by atoms with van der Waals surface area (Å²) in [5, 5.41) is 5.58. The Morgan fingerprint density at radius 1 is 0.800 bits per heavy atom. The van der Waals surface area contributed by atoms with Gasteiger partial charge in [-0.15, -0.1) is 40.3 Å². The molecule has 0 saturated carbocycles. The van der Waals surface area contributed by atoms with Crippen molar-refractivity contribution in [3.8, 4) is 0 Å². The van der Waals surface area contributed by atoms with Crippen molar-refractivity contribution in [1.82, 2.24) is 0 Å². The first-order valence-electron chi connectivity index (χ1n) is 7.48. The van der Waals surface area contributed by atoms with Gasteiger partial charge in [0, 0.05) is 0 Å². The first-order valence-corrected chi connectivity index (χ1v) is 8.48. The molecule has 0 aliphatic carbocycles. The topological polar surface area (TPSA) is 0 Å². The maximum absolute atomic E-state index is 2.31. The van der Waals surface area contributed by atoms with E-state index in [0.29, 0.717) is 0 Å². The molecule has 0 nitrogen and oxygen atoms in total. The van der Waals surface area contributed by atoms with Crippen LogP contribution in [0, 0.1) is 6.92 Å². The third-order valence-electron chi connectivity index (χ3n) is 3.60. The van der Waals surface area contributed by atoms with E-state index >= 15 is 0 Å². The van der Waals surface area contributed by atoms with Crippen LogP contribution in [0.25, 0.3) is 10.8 Å². The Labute approximate surface area is 168 Å². The summed E-state index contributed by atoms with van der Waals surface area (Å²) in [6.45, 7) is 2.19. The van der Waals surface area contributed by atoms with Crippen LogP contribution in [0.5, 0.6) is 0 Å². The molecule has 0 radical (unpaired) electrons. The maximum atomic E-state index is 2.31. The number of rotatable bonds is 2. The molecule has 1 unspecified atom stereocenters. The molecule has 0 spiro atoms. The summed E-state index contributed by atoms with van der Waals surface area (Å²) < 4.78 is 0. The van der Waals surface area contributed by atoms with Crippen LogP contribution < -0.4 is 20.0 Å². The zero-order valence-corrected chi connectivity index (χ0v) is 17.4. The van der Waals surface area contributed by atoms with Gasteiger partial charge in [-0.3, -0.25) is 0 Å². The number of hydrogen-bond acceptors (Lipinski definition) is 0. The molecule has 4 heteroatoms. The van der Waals surface area contributed by atoms with Crippen LogP contribution in [0.1, 0.15) is 5.56 Å². The molecule has 4 rings (SSSR count). The number of halogens is 2. The molecule has 0 bridgehead atoms. The molecule has 4 aromatic rings. The third kappa shape index (κ3) is 6.77. The van der Waals surface area contributed by atoms with E-state index in [2.05, 4.69) is 67.6 Å². The molecule has 4 aromatic carbocycles. The normalized spacial score (nSPS) is 9.48. The fourth-order valence-corrected chi connectivity index (χ4v) is 3.64. The van der Waals surface area contributed by atoms with E-state index in [0.717, 1.165) is 8.58 Å². The summed E-state index contributed by atoms with van der Waals surface area (Å²) in [6.07, 6.45) is 0. The van der Waals surface area contributed by atoms with Gasteiger partial charge >= 0.3 is 26.2 Å². The molecule has 25 heavy (non-hydrogen) atoms. The fourth-order valence-electron chi connectivity index (χ4n) is 2.41. The molecule has 0 heterocycles. The van der Waals surface area contributed by atoms with Gasteiger partial charge in [-0.25, -0.2) is 12.1 Å². The molecule has 0 aliphatic rings. The second-order valence-electron chi connectivity index (χ2n) is 5.28. The summed E-state index contributed by atoms with van der Waals surface area (Å²) >= 11 is 0. The van der Waals surface area contributed by atoms with Crippen LogP contribution in [0.4, 0.5) is 0 Å². The van der Waals surface area contributed by atoms with E-state index in [9.17, 15) is 0 Å². The quantitative estimate of drug-likeness (QED) is 0.280. The molecule has 0 N–H and O–H groups in total. The van der Waals surface area contributed by atoms with E-state index in [1.165, 1.54) is 26.9 Å². The van der Waals surface area contributed by atoms with Gasteiger partial charge in [0.2, 0.25) is 0 Å². The average molecular weight is 432 g/mol. The van der Waals surface area contributed by atoms with Crippen molar-refractivity contribution in [2.75, 3.05) is 0 Å². The third-order valence-corrected chi connectivity index (χ3v) is 5.01. The number of aryl methyl sites for hydroxylation is 1. The van der Waals surface area contributed by atoms with Gasteiger partial charge in [0.05, 0.1) is 0 Å². The van der Waals surface area contributed by atoms with E-state index < -0.39 is 0 Å². The van der Waals surface area contributed by atoms with Gasteiger partial charge in [0.1, 0.15) is 0 Å². The van der Waals surface area contributed by atoms with Gasteiger partial charge in [-0.1, -0.05) is 38.9 Å². The van der Waals surface area contributed by atoms with Crippen LogP contribution in [-0.4, -0.2) is 0 Å². The summed E-state index contributed by atoms with van der Waals surface area (Å²) in [5.74, 6) is 0. The molecule has 0 aliphatic heterocycles. The van der Waals surface area contributed by atoms with E-state index in [-0.39, 0.29) is 35.6 Å². The SMILES string of the molecule is Cc1ccccc1Pc1cc2ccccc2[cH-]1.[F-].[F-].[Zr+4].c1cc[cH-]c1. The molecular formula is C21H19F2PZr. The second-order valence-corrected chi connectivity index (χ2v) is 6.64. The molecule has 0 saturated heterocycles. The molecule has 1 atom stereocenters. The van der Waals surface area contributed by atoms with Crippen molar-refractivity contribution in [3.63, 3.8) is 0 Å². The average Bonchev–Trinajstić information content (AvgIpc) is 3.21. The molecule has 0 fully saturated rings. The Bertz CT molecular complexity index is 788. The van der Waals surface area contributed by atoms with Gasteiger partial charge in [-0.05, 0) is 17.8 Å². The minimum Gasteiger partial charge on any atom is -1.00 e. The van der Waals surface area contributed by atoms with Gasteiger partial charge in [-0.2, -0.15) is 24.3 Å². The van der Waals surface area contributed by atoms with E-state index in [4.69, 9.17) is 0 Å². The summed E-state index contributed by atoms with van der Waals surface area (Å²) in [4.78, 5) is 0. The van der Waals surface area contributed by atoms with Gasteiger partial charge < -0.3 is 9.41 Å². The van der Waals surface area contributed by atoms with E-state index in [1.54, 1.807) is 0 Å². The molecule has 126 valence electrons. The zero-order valence-electron chi connectivity index (χ0n) is 13.9. The molecule has 0 amide bonds. The number of fused-ring (bicyclic) bond motifs is 1. The van der Waals surface area contributed by atoms with Crippen LogP contribution >= 0.6 is 8.58 Å². The minimum atomic E-state index is 0. The van der Waals surface area contributed by atoms with Crippen LogP contribution in [0.2, 0.25) is 0 Å². The molecular weight excluding hydrogens is 412 g/mol.